The molecule has 2 aliphatic heterocycles. The minimum atomic E-state index is -0.0660. The molecule has 0 saturated carbocycles. The number of ether oxygens (including phenoxy) is 1. The fourth-order valence-electron chi connectivity index (χ4n) is 2.74. The summed E-state index contributed by atoms with van der Waals surface area (Å²) >= 11 is 0. The van der Waals surface area contributed by atoms with Crippen molar-refractivity contribution < 1.29 is 19.1 Å². The van der Waals surface area contributed by atoms with Crippen LogP contribution < -0.4 is 5.32 Å². The molecule has 2 aliphatic rings. The van der Waals surface area contributed by atoms with Crippen LogP contribution in [0.2, 0.25) is 0 Å². The predicted octanol–water partition coefficient (Wildman–Crippen LogP) is 1.00. The highest BCUT2D eigenvalue weighted by Crippen LogP contribution is 2.24. The van der Waals surface area contributed by atoms with E-state index in [1.807, 2.05) is 0 Å². The van der Waals surface area contributed by atoms with E-state index in [1.54, 1.807) is 23.1 Å². The van der Waals surface area contributed by atoms with Gasteiger partial charge in [-0.15, -0.1) is 0 Å². The van der Waals surface area contributed by atoms with Gasteiger partial charge in [-0.25, -0.2) is 0 Å². The molecule has 0 unspecified atom stereocenters. The standard InChI is InChI=1S/C16H18N2O4/c19-14(3-4-16(21)18-5-7-22-8-6-18)11-1-2-13-12(9-11)10-15(20)17-13/h1-2,9H,3-8,10H2,(H,17,20). The Balaban J connectivity index is 1.57. The molecule has 1 aromatic carbocycles. The molecule has 0 aromatic heterocycles. The largest absolute Gasteiger partial charge is 0.378 e. The van der Waals surface area contributed by atoms with Crippen molar-refractivity contribution in [3.8, 4) is 0 Å². The van der Waals surface area contributed by atoms with Crippen molar-refractivity contribution in [1.82, 2.24) is 4.90 Å². The van der Waals surface area contributed by atoms with E-state index in [2.05, 4.69) is 5.32 Å². The van der Waals surface area contributed by atoms with Gasteiger partial charge in [0.05, 0.1) is 19.6 Å². The first-order valence-electron chi connectivity index (χ1n) is 7.45. The van der Waals surface area contributed by atoms with Crippen molar-refractivity contribution in [3.63, 3.8) is 0 Å². The Morgan fingerprint density at radius 2 is 1.95 bits per heavy atom. The first kappa shape index (κ1) is 14.7. The Kier molecular flexibility index (Phi) is 4.20. The predicted molar refractivity (Wildman–Crippen MR) is 79.7 cm³/mol. The molecule has 1 aromatic rings. The average molecular weight is 302 g/mol. The molecule has 22 heavy (non-hydrogen) atoms. The summed E-state index contributed by atoms with van der Waals surface area (Å²) in [6.45, 7) is 2.32. The van der Waals surface area contributed by atoms with Crippen LogP contribution in [0.25, 0.3) is 0 Å². The first-order valence-corrected chi connectivity index (χ1v) is 7.45. The fraction of sp³-hybridized carbons (Fsp3) is 0.438. The normalized spacial score (nSPS) is 17.1. The van der Waals surface area contributed by atoms with Crippen LogP contribution in [-0.4, -0.2) is 48.8 Å². The fourth-order valence-corrected chi connectivity index (χ4v) is 2.74. The number of hydrogen-bond donors (Lipinski definition) is 1. The summed E-state index contributed by atoms with van der Waals surface area (Å²) < 4.78 is 5.20. The van der Waals surface area contributed by atoms with Crippen molar-refractivity contribution in [2.75, 3.05) is 31.6 Å². The molecule has 0 aliphatic carbocycles. The molecule has 6 nitrogen and oxygen atoms in total. The van der Waals surface area contributed by atoms with Crippen LogP contribution in [-0.2, 0) is 20.7 Å². The van der Waals surface area contributed by atoms with E-state index < -0.39 is 0 Å². The third-order valence-corrected chi connectivity index (χ3v) is 3.98. The Bertz CT molecular complexity index is 621. The maximum atomic E-state index is 12.2. The van der Waals surface area contributed by atoms with Gasteiger partial charge >= 0.3 is 0 Å². The highest BCUT2D eigenvalue weighted by Gasteiger charge is 2.21. The maximum absolute atomic E-state index is 12.2. The summed E-state index contributed by atoms with van der Waals surface area (Å²) in [5, 5.41) is 2.73. The molecular formula is C16H18N2O4. The molecule has 1 saturated heterocycles. The summed E-state index contributed by atoms with van der Waals surface area (Å²) in [4.78, 5) is 37.3. The van der Waals surface area contributed by atoms with E-state index in [4.69, 9.17) is 4.74 Å². The van der Waals surface area contributed by atoms with E-state index in [9.17, 15) is 14.4 Å². The zero-order valence-electron chi connectivity index (χ0n) is 12.3. The molecular weight excluding hydrogens is 284 g/mol. The lowest BCUT2D eigenvalue weighted by Gasteiger charge is -2.26. The molecule has 116 valence electrons. The molecule has 6 heteroatoms. The van der Waals surface area contributed by atoms with Gasteiger partial charge in [0.2, 0.25) is 11.8 Å². The Labute approximate surface area is 128 Å². The van der Waals surface area contributed by atoms with Gasteiger partial charge in [-0.05, 0) is 23.8 Å². The minimum Gasteiger partial charge on any atom is -0.378 e. The van der Waals surface area contributed by atoms with Gasteiger partial charge in [-0.3, -0.25) is 14.4 Å². The van der Waals surface area contributed by atoms with E-state index in [-0.39, 0.29) is 30.4 Å². The maximum Gasteiger partial charge on any atom is 0.228 e. The lowest BCUT2D eigenvalue weighted by molar-refractivity contribution is -0.135. The van der Waals surface area contributed by atoms with E-state index in [0.29, 0.717) is 38.3 Å². The second-order valence-corrected chi connectivity index (χ2v) is 5.51. The van der Waals surface area contributed by atoms with Crippen LogP contribution in [0.4, 0.5) is 5.69 Å². The molecule has 2 heterocycles. The summed E-state index contributed by atoms with van der Waals surface area (Å²) in [5.41, 5.74) is 2.17. The lowest BCUT2D eigenvalue weighted by atomic mass is 10.0. The Morgan fingerprint density at radius 1 is 1.18 bits per heavy atom. The van der Waals surface area contributed by atoms with Gasteiger partial charge in [0, 0.05) is 37.2 Å². The number of Topliss-reactive ketones (excluding diaryl/α,β-unsaturated/α-hetero) is 1. The van der Waals surface area contributed by atoms with Gasteiger partial charge < -0.3 is 15.0 Å². The number of nitrogens with one attached hydrogen (secondary N) is 1. The van der Waals surface area contributed by atoms with Crippen LogP contribution in [0.15, 0.2) is 18.2 Å². The molecule has 0 spiro atoms. The molecule has 0 atom stereocenters. The summed E-state index contributed by atoms with van der Waals surface area (Å²) in [5.74, 6) is -0.125. The summed E-state index contributed by atoms with van der Waals surface area (Å²) in [7, 11) is 0. The number of benzene rings is 1. The Morgan fingerprint density at radius 3 is 2.73 bits per heavy atom. The third-order valence-electron chi connectivity index (χ3n) is 3.98. The van der Waals surface area contributed by atoms with Crippen LogP contribution in [0, 0.1) is 0 Å². The number of nitrogens with zero attached hydrogens (tertiary/aromatic N) is 1. The van der Waals surface area contributed by atoms with Gasteiger partial charge in [0.1, 0.15) is 0 Å². The SMILES string of the molecule is O=C1Cc2cc(C(=O)CCC(=O)N3CCOCC3)ccc2N1. The number of ketones is 1. The second kappa shape index (κ2) is 6.27. The zero-order chi connectivity index (χ0) is 15.5. The van der Waals surface area contributed by atoms with Crippen molar-refractivity contribution in [1.29, 1.82) is 0 Å². The van der Waals surface area contributed by atoms with Crippen molar-refractivity contribution in [2.45, 2.75) is 19.3 Å². The van der Waals surface area contributed by atoms with Gasteiger partial charge in [-0.2, -0.15) is 0 Å². The molecule has 0 bridgehead atoms. The van der Waals surface area contributed by atoms with Crippen molar-refractivity contribution in [2.24, 2.45) is 0 Å². The number of anilines is 1. The number of rotatable bonds is 4. The topological polar surface area (TPSA) is 75.7 Å². The molecule has 3 rings (SSSR count). The smallest absolute Gasteiger partial charge is 0.228 e. The van der Waals surface area contributed by atoms with Crippen molar-refractivity contribution in [3.05, 3.63) is 29.3 Å². The minimum absolute atomic E-state index is 0.00495. The first-order chi connectivity index (χ1) is 10.6. The van der Waals surface area contributed by atoms with E-state index in [1.165, 1.54) is 0 Å². The highest BCUT2D eigenvalue weighted by atomic mass is 16.5. The van der Waals surface area contributed by atoms with Crippen LogP contribution >= 0.6 is 0 Å². The van der Waals surface area contributed by atoms with E-state index in [0.717, 1.165) is 11.3 Å². The molecule has 0 radical (unpaired) electrons. The molecule has 2 amide bonds. The van der Waals surface area contributed by atoms with Gasteiger partial charge in [-0.1, -0.05) is 0 Å². The number of amides is 2. The van der Waals surface area contributed by atoms with Gasteiger partial charge in [0.15, 0.2) is 5.78 Å². The second-order valence-electron chi connectivity index (χ2n) is 5.51. The zero-order valence-corrected chi connectivity index (χ0v) is 12.3. The molecule has 1 N–H and O–H groups in total. The van der Waals surface area contributed by atoms with Crippen molar-refractivity contribution >= 4 is 23.3 Å². The summed E-state index contributed by atoms with van der Waals surface area (Å²) in [6, 6.07) is 5.19. The number of fused-ring (bicyclic) bond motifs is 1. The monoisotopic (exact) mass is 302 g/mol. The third kappa shape index (κ3) is 3.17. The number of hydrogen-bond acceptors (Lipinski definition) is 4. The summed E-state index contributed by atoms with van der Waals surface area (Å²) in [6.07, 6.45) is 0.715. The van der Waals surface area contributed by atoms with Crippen LogP contribution in [0.5, 0.6) is 0 Å². The highest BCUT2D eigenvalue weighted by molar-refractivity contribution is 6.02. The number of morpholine rings is 1. The lowest BCUT2D eigenvalue weighted by Crippen LogP contribution is -2.40. The number of carbonyl (C=O) groups is 3. The van der Waals surface area contributed by atoms with E-state index >= 15 is 0 Å². The van der Waals surface area contributed by atoms with Crippen LogP contribution in [0.1, 0.15) is 28.8 Å². The van der Waals surface area contributed by atoms with Crippen LogP contribution in [0.3, 0.4) is 0 Å². The quantitative estimate of drug-likeness (QED) is 0.842. The number of carbonyl (C=O) groups excluding carboxylic acids is 3. The molecule has 1 fully saturated rings. The Hall–Kier alpha value is -2.21. The van der Waals surface area contributed by atoms with Gasteiger partial charge in [0.25, 0.3) is 0 Å². The average Bonchev–Trinajstić information content (AvgIpc) is 2.92.